The van der Waals surface area contributed by atoms with Crippen LogP contribution in [0, 0.1) is 0 Å². The van der Waals surface area contributed by atoms with E-state index in [1.54, 1.807) is 0 Å². The van der Waals surface area contributed by atoms with E-state index in [4.69, 9.17) is 0 Å². The smallest absolute Gasteiger partial charge is 0.0362 e. The second-order valence-electron chi connectivity index (χ2n) is 4.10. The van der Waals surface area contributed by atoms with Crippen molar-refractivity contribution in [3.63, 3.8) is 0 Å². The van der Waals surface area contributed by atoms with Crippen molar-refractivity contribution in [3.05, 3.63) is 0 Å². The summed E-state index contributed by atoms with van der Waals surface area (Å²) in [4.78, 5) is 0. The summed E-state index contributed by atoms with van der Waals surface area (Å²) in [5.41, 5.74) is 0. The van der Waals surface area contributed by atoms with Gasteiger partial charge in [-0.3, -0.25) is 4.21 Å². The van der Waals surface area contributed by atoms with Crippen molar-refractivity contribution >= 4 is 10.8 Å². The molecule has 0 aromatic carbocycles. The molecular weight excluding hydrogens is 182 g/mol. The molecule has 1 saturated carbocycles. The predicted octanol–water partition coefficient (Wildman–Crippen LogP) is 1.68. The molecule has 0 radical (unpaired) electrons. The molecule has 0 amide bonds. The fourth-order valence-corrected chi connectivity index (χ4v) is 3.28. The van der Waals surface area contributed by atoms with Crippen molar-refractivity contribution in [1.82, 2.24) is 5.32 Å². The number of nitrogens with one attached hydrogen (secondary N) is 1. The van der Waals surface area contributed by atoms with Gasteiger partial charge in [-0.25, -0.2) is 0 Å². The summed E-state index contributed by atoms with van der Waals surface area (Å²) in [5.74, 6) is 0.836. The molecule has 1 aliphatic rings. The van der Waals surface area contributed by atoms with Crippen molar-refractivity contribution in [3.8, 4) is 0 Å². The lowest BCUT2D eigenvalue weighted by molar-refractivity contribution is 0.607. The highest BCUT2D eigenvalue weighted by Crippen LogP contribution is 2.22. The van der Waals surface area contributed by atoms with E-state index in [1.807, 2.05) is 0 Å². The molecular formula is C10H21NOS. The minimum absolute atomic E-state index is 0.508. The van der Waals surface area contributed by atoms with Gasteiger partial charge in [0.05, 0.1) is 0 Å². The maximum Gasteiger partial charge on any atom is 0.0362 e. The molecule has 1 N–H and O–H groups in total. The van der Waals surface area contributed by atoms with Gasteiger partial charge in [0.25, 0.3) is 0 Å². The quantitative estimate of drug-likeness (QED) is 0.736. The Bertz CT molecular complexity index is 164. The number of hydrogen-bond acceptors (Lipinski definition) is 2. The molecule has 1 rings (SSSR count). The highest BCUT2D eigenvalue weighted by atomic mass is 32.2. The van der Waals surface area contributed by atoms with Gasteiger partial charge in [0.2, 0.25) is 0 Å². The Hall–Kier alpha value is 0.110. The van der Waals surface area contributed by atoms with E-state index in [-0.39, 0.29) is 0 Å². The Labute approximate surface area is 83.9 Å². The summed E-state index contributed by atoms with van der Waals surface area (Å²) in [6, 6.07) is 0.514. The van der Waals surface area contributed by atoms with Crippen LogP contribution in [-0.2, 0) is 10.8 Å². The van der Waals surface area contributed by atoms with Crippen LogP contribution in [0.1, 0.15) is 39.5 Å². The Morgan fingerprint density at radius 3 is 2.54 bits per heavy atom. The van der Waals surface area contributed by atoms with Crippen LogP contribution < -0.4 is 5.32 Å². The largest absolute Gasteiger partial charge is 0.314 e. The van der Waals surface area contributed by atoms with Crippen LogP contribution in [0.2, 0.25) is 0 Å². The van der Waals surface area contributed by atoms with Gasteiger partial charge in [0.15, 0.2) is 0 Å². The molecule has 0 heterocycles. The molecule has 1 fully saturated rings. The van der Waals surface area contributed by atoms with Crippen LogP contribution >= 0.6 is 0 Å². The Morgan fingerprint density at radius 1 is 1.38 bits per heavy atom. The van der Waals surface area contributed by atoms with Gasteiger partial charge < -0.3 is 5.32 Å². The fraction of sp³-hybridized carbons (Fsp3) is 1.00. The average molecular weight is 203 g/mol. The zero-order valence-corrected chi connectivity index (χ0v) is 9.53. The van der Waals surface area contributed by atoms with E-state index in [2.05, 4.69) is 19.2 Å². The topological polar surface area (TPSA) is 29.1 Å². The molecule has 0 bridgehead atoms. The van der Waals surface area contributed by atoms with E-state index in [9.17, 15) is 4.21 Å². The molecule has 0 spiro atoms. The first-order valence-corrected chi connectivity index (χ1v) is 6.69. The minimum Gasteiger partial charge on any atom is -0.314 e. The first kappa shape index (κ1) is 11.2. The predicted molar refractivity (Wildman–Crippen MR) is 58.4 cm³/mol. The van der Waals surface area contributed by atoms with E-state index in [0.29, 0.717) is 11.3 Å². The monoisotopic (exact) mass is 203 g/mol. The van der Waals surface area contributed by atoms with Crippen molar-refractivity contribution in [2.24, 2.45) is 0 Å². The molecule has 3 heteroatoms. The van der Waals surface area contributed by atoms with Gasteiger partial charge in [-0.1, -0.05) is 26.7 Å². The van der Waals surface area contributed by atoms with Crippen molar-refractivity contribution in [1.29, 1.82) is 0 Å². The third-order valence-corrected chi connectivity index (χ3v) is 4.35. The maximum absolute atomic E-state index is 11.7. The first-order valence-electron chi connectivity index (χ1n) is 5.30. The van der Waals surface area contributed by atoms with Gasteiger partial charge in [-0.15, -0.1) is 0 Å². The van der Waals surface area contributed by atoms with E-state index in [1.165, 1.54) is 25.7 Å². The van der Waals surface area contributed by atoms with E-state index in [0.717, 1.165) is 12.3 Å². The van der Waals surface area contributed by atoms with E-state index < -0.39 is 10.8 Å². The molecule has 1 unspecified atom stereocenters. The Kier molecular flexibility index (Phi) is 4.96. The standard InChI is InChI=1S/C10H21NOS/c1-9(2)11-7-8-13(12)10-5-3-4-6-10/h9-11H,3-8H2,1-2H3. The van der Waals surface area contributed by atoms with Crippen LogP contribution in [0.5, 0.6) is 0 Å². The summed E-state index contributed by atoms with van der Waals surface area (Å²) in [5, 5.41) is 3.82. The van der Waals surface area contributed by atoms with E-state index >= 15 is 0 Å². The minimum atomic E-state index is -0.574. The van der Waals surface area contributed by atoms with Gasteiger partial charge in [0, 0.05) is 34.4 Å². The lowest BCUT2D eigenvalue weighted by Gasteiger charge is -2.11. The number of rotatable bonds is 5. The maximum atomic E-state index is 11.7. The molecule has 13 heavy (non-hydrogen) atoms. The van der Waals surface area contributed by atoms with Crippen LogP contribution in [0.4, 0.5) is 0 Å². The van der Waals surface area contributed by atoms with Crippen LogP contribution in [0.15, 0.2) is 0 Å². The van der Waals surface area contributed by atoms with Crippen molar-refractivity contribution in [2.45, 2.75) is 50.8 Å². The summed E-state index contributed by atoms with van der Waals surface area (Å²) in [7, 11) is -0.574. The SMILES string of the molecule is CC(C)NCCS(=O)C1CCCC1. The second-order valence-corrected chi connectivity index (χ2v) is 5.94. The summed E-state index contributed by atoms with van der Waals surface area (Å²) >= 11 is 0. The molecule has 2 nitrogen and oxygen atoms in total. The lowest BCUT2D eigenvalue weighted by Crippen LogP contribution is -2.29. The third kappa shape index (κ3) is 4.23. The molecule has 0 aromatic rings. The van der Waals surface area contributed by atoms with Crippen LogP contribution in [0.25, 0.3) is 0 Å². The summed E-state index contributed by atoms with van der Waals surface area (Å²) in [6.45, 7) is 5.15. The normalized spacial score (nSPS) is 21.2. The molecule has 0 saturated heterocycles. The highest BCUT2D eigenvalue weighted by molar-refractivity contribution is 7.85. The zero-order chi connectivity index (χ0) is 9.68. The molecule has 0 aliphatic heterocycles. The highest BCUT2D eigenvalue weighted by Gasteiger charge is 2.20. The third-order valence-electron chi connectivity index (χ3n) is 2.53. The zero-order valence-electron chi connectivity index (χ0n) is 8.71. The van der Waals surface area contributed by atoms with Gasteiger partial charge >= 0.3 is 0 Å². The van der Waals surface area contributed by atoms with Crippen molar-refractivity contribution < 1.29 is 4.21 Å². The molecule has 0 aromatic heterocycles. The summed E-state index contributed by atoms with van der Waals surface area (Å²) in [6.07, 6.45) is 4.95. The lowest BCUT2D eigenvalue weighted by atomic mass is 10.4. The number of hydrogen-bond donors (Lipinski definition) is 1. The van der Waals surface area contributed by atoms with Crippen LogP contribution in [0.3, 0.4) is 0 Å². The Morgan fingerprint density at radius 2 is 2.00 bits per heavy atom. The molecule has 78 valence electrons. The summed E-state index contributed by atoms with van der Waals surface area (Å²) < 4.78 is 11.7. The fourth-order valence-electron chi connectivity index (χ4n) is 1.77. The molecule has 1 aliphatic carbocycles. The average Bonchev–Trinajstić information content (AvgIpc) is 2.55. The molecule has 1 atom stereocenters. The second kappa shape index (κ2) is 5.76. The van der Waals surface area contributed by atoms with Gasteiger partial charge in [0.1, 0.15) is 0 Å². The van der Waals surface area contributed by atoms with Gasteiger partial charge in [-0.05, 0) is 12.8 Å². The first-order chi connectivity index (χ1) is 6.20. The Balaban J connectivity index is 2.10. The van der Waals surface area contributed by atoms with Gasteiger partial charge in [-0.2, -0.15) is 0 Å². The van der Waals surface area contributed by atoms with Crippen molar-refractivity contribution in [2.75, 3.05) is 12.3 Å². The van der Waals surface area contributed by atoms with Crippen LogP contribution in [-0.4, -0.2) is 27.8 Å².